The topological polar surface area (TPSA) is 74.6 Å². The Hall–Kier alpha value is -2.60. The number of likely N-dealkylation sites (N-methyl/N-ethyl adjacent to an activating group) is 1. The smallest absolute Gasteiger partial charge is 0.241 e. The standard InChI is InChI=1S/C21H29N3O3/c1-15(24(5)14-19(25)22-13-18-7-6-12-27-18)20(26)23-17-10-8-16(9-11-17)21(2,3)4/h6-12,15H,13-14H2,1-5H3,(H,22,25)(H,23,26)/t15-/m0/s1. The van der Waals surface area contributed by atoms with Gasteiger partial charge < -0.3 is 15.1 Å². The van der Waals surface area contributed by atoms with Crippen LogP contribution in [0.1, 0.15) is 39.0 Å². The lowest BCUT2D eigenvalue weighted by atomic mass is 9.87. The summed E-state index contributed by atoms with van der Waals surface area (Å²) in [5.41, 5.74) is 2.02. The van der Waals surface area contributed by atoms with Crippen LogP contribution in [0.25, 0.3) is 0 Å². The fourth-order valence-electron chi connectivity index (χ4n) is 2.52. The molecule has 0 spiro atoms. The van der Waals surface area contributed by atoms with Gasteiger partial charge in [0, 0.05) is 5.69 Å². The average molecular weight is 371 g/mol. The molecule has 2 amide bonds. The minimum absolute atomic E-state index is 0.0685. The van der Waals surface area contributed by atoms with Gasteiger partial charge in [-0.1, -0.05) is 32.9 Å². The number of carbonyl (C=O) groups is 2. The Morgan fingerprint density at radius 2 is 1.81 bits per heavy atom. The van der Waals surface area contributed by atoms with E-state index in [0.29, 0.717) is 12.3 Å². The van der Waals surface area contributed by atoms with Crippen molar-refractivity contribution in [3.05, 3.63) is 54.0 Å². The van der Waals surface area contributed by atoms with Crippen molar-refractivity contribution in [3.8, 4) is 0 Å². The minimum atomic E-state index is -0.443. The van der Waals surface area contributed by atoms with Crippen LogP contribution < -0.4 is 10.6 Å². The van der Waals surface area contributed by atoms with Crippen LogP contribution in [0.3, 0.4) is 0 Å². The molecule has 6 nitrogen and oxygen atoms in total. The van der Waals surface area contributed by atoms with Gasteiger partial charge in [-0.25, -0.2) is 0 Å². The molecule has 1 atom stereocenters. The number of nitrogens with one attached hydrogen (secondary N) is 2. The molecule has 0 saturated heterocycles. The summed E-state index contributed by atoms with van der Waals surface area (Å²) in [4.78, 5) is 26.2. The number of benzene rings is 1. The molecular weight excluding hydrogens is 342 g/mol. The molecule has 0 fully saturated rings. The summed E-state index contributed by atoms with van der Waals surface area (Å²) in [6.07, 6.45) is 1.56. The number of amides is 2. The second-order valence-corrected chi connectivity index (χ2v) is 7.76. The van der Waals surface area contributed by atoms with Crippen molar-refractivity contribution in [3.63, 3.8) is 0 Å². The van der Waals surface area contributed by atoms with Crippen LogP contribution >= 0.6 is 0 Å². The van der Waals surface area contributed by atoms with Crippen LogP contribution in [0.4, 0.5) is 5.69 Å². The first-order valence-corrected chi connectivity index (χ1v) is 9.07. The normalized spacial score (nSPS) is 12.7. The number of hydrogen-bond acceptors (Lipinski definition) is 4. The number of rotatable bonds is 7. The van der Waals surface area contributed by atoms with Crippen molar-refractivity contribution >= 4 is 17.5 Å². The first kappa shape index (κ1) is 20.7. The highest BCUT2D eigenvalue weighted by Gasteiger charge is 2.20. The van der Waals surface area contributed by atoms with E-state index in [2.05, 4.69) is 31.4 Å². The minimum Gasteiger partial charge on any atom is -0.467 e. The molecule has 1 heterocycles. The van der Waals surface area contributed by atoms with E-state index in [4.69, 9.17) is 4.42 Å². The predicted octanol–water partition coefficient (Wildman–Crippen LogP) is 3.15. The van der Waals surface area contributed by atoms with E-state index in [-0.39, 0.29) is 23.8 Å². The predicted molar refractivity (Wildman–Crippen MR) is 106 cm³/mol. The van der Waals surface area contributed by atoms with Crippen molar-refractivity contribution < 1.29 is 14.0 Å². The Kier molecular flexibility index (Phi) is 6.80. The second kappa shape index (κ2) is 8.86. The molecule has 6 heteroatoms. The Morgan fingerprint density at radius 1 is 1.15 bits per heavy atom. The molecule has 0 aliphatic heterocycles. The Balaban J connectivity index is 1.83. The van der Waals surface area contributed by atoms with E-state index in [1.165, 1.54) is 5.56 Å². The molecule has 2 N–H and O–H groups in total. The SMILES string of the molecule is C[C@@H](C(=O)Nc1ccc(C(C)(C)C)cc1)N(C)CC(=O)NCc1ccco1. The lowest BCUT2D eigenvalue weighted by Crippen LogP contribution is -2.44. The van der Waals surface area contributed by atoms with Gasteiger partial charge in [-0.2, -0.15) is 0 Å². The van der Waals surface area contributed by atoms with Gasteiger partial charge in [-0.3, -0.25) is 14.5 Å². The van der Waals surface area contributed by atoms with E-state index in [1.807, 2.05) is 24.3 Å². The molecule has 0 bridgehead atoms. The Bertz CT molecular complexity index is 746. The van der Waals surface area contributed by atoms with E-state index in [1.54, 1.807) is 37.3 Å². The zero-order valence-electron chi connectivity index (χ0n) is 16.7. The quantitative estimate of drug-likeness (QED) is 0.784. The fraction of sp³-hybridized carbons (Fsp3) is 0.429. The molecule has 27 heavy (non-hydrogen) atoms. The van der Waals surface area contributed by atoms with Gasteiger partial charge in [0.1, 0.15) is 5.76 Å². The largest absolute Gasteiger partial charge is 0.467 e. The van der Waals surface area contributed by atoms with Crippen LogP contribution in [0, 0.1) is 0 Å². The summed E-state index contributed by atoms with van der Waals surface area (Å²) >= 11 is 0. The number of furan rings is 1. The van der Waals surface area contributed by atoms with E-state index in [9.17, 15) is 9.59 Å². The maximum Gasteiger partial charge on any atom is 0.241 e. The van der Waals surface area contributed by atoms with Crippen LogP contribution in [0.5, 0.6) is 0 Å². The number of nitrogens with zero attached hydrogens (tertiary/aromatic N) is 1. The molecule has 0 aliphatic rings. The summed E-state index contributed by atoms with van der Waals surface area (Å²) in [5.74, 6) is 0.374. The van der Waals surface area contributed by atoms with Gasteiger partial charge >= 0.3 is 0 Å². The molecule has 0 saturated carbocycles. The Labute approximate surface area is 160 Å². The second-order valence-electron chi connectivity index (χ2n) is 7.76. The Morgan fingerprint density at radius 3 is 2.37 bits per heavy atom. The van der Waals surface area contributed by atoms with E-state index < -0.39 is 6.04 Å². The molecular formula is C21H29N3O3. The molecule has 2 aromatic rings. The summed E-state index contributed by atoms with van der Waals surface area (Å²) in [6, 6.07) is 11.0. The highest BCUT2D eigenvalue weighted by Crippen LogP contribution is 2.23. The number of anilines is 1. The van der Waals surface area contributed by atoms with Gasteiger partial charge in [0.25, 0.3) is 0 Å². The summed E-state index contributed by atoms with van der Waals surface area (Å²) in [6.45, 7) is 8.68. The van der Waals surface area contributed by atoms with Crippen molar-refractivity contribution in [2.45, 2.75) is 45.7 Å². The molecule has 0 radical (unpaired) electrons. The van der Waals surface area contributed by atoms with Crippen molar-refractivity contribution in [2.24, 2.45) is 0 Å². The highest BCUT2D eigenvalue weighted by molar-refractivity contribution is 5.94. The third-order valence-corrected chi connectivity index (χ3v) is 4.49. The van der Waals surface area contributed by atoms with Crippen LogP contribution in [-0.2, 0) is 21.5 Å². The van der Waals surface area contributed by atoms with Crippen molar-refractivity contribution in [1.82, 2.24) is 10.2 Å². The van der Waals surface area contributed by atoms with E-state index in [0.717, 1.165) is 5.69 Å². The molecule has 1 aromatic heterocycles. The molecule has 2 rings (SSSR count). The van der Waals surface area contributed by atoms with Gasteiger partial charge in [0.05, 0.1) is 25.4 Å². The highest BCUT2D eigenvalue weighted by atomic mass is 16.3. The number of carbonyl (C=O) groups excluding carboxylic acids is 2. The molecule has 0 aliphatic carbocycles. The summed E-state index contributed by atoms with van der Waals surface area (Å²) in [7, 11) is 1.75. The van der Waals surface area contributed by atoms with Crippen LogP contribution in [0.15, 0.2) is 47.1 Å². The molecule has 0 unspecified atom stereocenters. The van der Waals surface area contributed by atoms with Crippen molar-refractivity contribution in [2.75, 3.05) is 18.9 Å². The third kappa shape index (κ3) is 6.25. The van der Waals surface area contributed by atoms with E-state index >= 15 is 0 Å². The van der Waals surface area contributed by atoms with Gasteiger partial charge in [-0.15, -0.1) is 0 Å². The molecule has 1 aromatic carbocycles. The lowest BCUT2D eigenvalue weighted by molar-refractivity contribution is -0.125. The summed E-state index contributed by atoms with van der Waals surface area (Å²) < 4.78 is 5.18. The van der Waals surface area contributed by atoms with Gasteiger partial charge in [-0.05, 0) is 49.2 Å². The van der Waals surface area contributed by atoms with Crippen LogP contribution in [-0.4, -0.2) is 36.3 Å². The first-order chi connectivity index (χ1) is 12.7. The van der Waals surface area contributed by atoms with Crippen molar-refractivity contribution in [1.29, 1.82) is 0 Å². The van der Waals surface area contributed by atoms with Gasteiger partial charge in [0.15, 0.2) is 0 Å². The van der Waals surface area contributed by atoms with Gasteiger partial charge in [0.2, 0.25) is 11.8 Å². The third-order valence-electron chi connectivity index (χ3n) is 4.49. The zero-order valence-corrected chi connectivity index (χ0v) is 16.7. The zero-order chi connectivity index (χ0) is 20.0. The maximum absolute atomic E-state index is 12.5. The lowest BCUT2D eigenvalue weighted by Gasteiger charge is -2.23. The van der Waals surface area contributed by atoms with Crippen LogP contribution in [0.2, 0.25) is 0 Å². The number of hydrogen-bond donors (Lipinski definition) is 2. The fourth-order valence-corrected chi connectivity index (χ4v) is 2.52. The molecule has 146 valence electrons. The average Bonchev–Trinajstić information content (AvgIpc) is 3.12. The summed E-state index contributed by atoms with van der Waals surface area (Å²) in [5, 5.41) is 5.68. The maximum atomic E-state index is 12.5. The monoisotopic (exact) mass is 371 g/mol. The first-order valence-electron chi connectivity index (χ1n) is 9.07.